The second-order valence-corrected chi connectivity index (χ2v) is 5.79. The highest BCUT2D eigenvalue weighted by Gasteiger charge is 2.24. The highest BCUT2D eigenvalue weighted by molar-refractivity contribution is 9.10. The minimum Gasteiger partial charge on any atom is -0.486 e. The predicted molar refractivity (Wildman–Crippen MR) is 81.9 cm³/mol. The van der Waals surface area contributed by atoms with E-state index in [0.29, 0.717) is 23.7 Å². The first-order valence-electron chi connectivity index (χ1n) is 6.40. The first-order valence-corrected chi connectivity index (χ1v) is 7.19. The van der Waals surface area contributed by atoms with Crippen LogP contribution in [0.15, 0.2) is 22.7 Å². The van der Waals surface area contributed by atoms with Crippen LogP contribution in [0.5, 0.6) is 5.75 Å². The quantitative estimate of drug-likeness (QED) is 0.418. The average Bonchev–Trinajstić information content (AvgIpc) is 2.39. The molecule has 0 aromatic heterocycles. The van der Waals surface area contributed by atoms with E-state index in [1.807, 2.05) is 0 Å². The maximum atomic E-state index is 11.1. The molecule has 1 unspecified atom stereocenters. The summed E-state index contributed by atoms with van der Waals surface area (Å²) in [6.45, 7) is 1.87. The van der Waals surface area contributed by atoms with Crippen molar-refractivity contribution in [2.75, 3.05) is 6.61 Å². The van der Waals surface area contributed by atoms with E-state index >= 15 is 0 Å². The third-order valence-electron chi connectivity index (χ3n) is 3.04. The number of para-hydroxylation sites is 1. The van der Waals surface area contributed by atoms with Gasteiger partial charge in [0.2, 0.25) is 11.7 Å². The van der Waals surface area contributed by atoms with Gasteiger partial charge in [0.1, 0.15) is 0 Å². The Hall–Kier alpha value is -1.67. The largest absolute Gasteiger partial charge is 0.486 e. The highest BCUT2D eigenvalue weighted by atomic mass is 79.9. The molecule has 1 amide bonds. The number of nitrogens with zero attached hydrogens (tertiary/aromatic N) is 1. The van der Waals surface area contributed by atoms with Crippen molar-refractivity contribution in [3.05, 3.63) is 32.8 Å². The van der Waals surface area contributed by atoms with Crippen molar-refractivity contribution < 1.29 is 14.5 Å². The van der Waals surface area contributed by atoms with Crippen LogP contribution in [0.25, 0.3) is 0 Å². The van der Waals surface area contributed by atoms with Crippen molar-refractivity contribution >= 4 is 27.5 Å². The van der Waals surface area contributed by atoms with E-state index in [0.717, 1.165) is 0 Å². The van der Waals surface area contributed by atoms with E-state index in [2.05, 4.69) is 15.9 Å². The van der Waals surface area contributed by atoms with Crippen LogP contribution in [-0.2, 0) is 4.79 Å². The number of benzene rings is 1. The van der Waals surface area contributed by atoms with Gasteiger partial charge in [-0.25, -0.2) is 0 Å². The van der Waals surface area contributed by atoms with E-state index in [1.165, 1.54) is 6.07 Å². The smallest absolute Gasteiger partial charge is 0.312 e. The van der Waals surface area contributed by atoms with Crippen LogP contribution >= 0.6 is 15.9 Å². The van der Waals surface area contributed by atoms with Crippen LogP contribution in [0.2, 0.25) is 0 Å². The summed E-state index contributed by atoms with van der Waals surface area (Å²) in [6.07, 6.45) is 1.68. The molecule has 1 aromatic carbocycles. The summed E-state index contributed by atoms with van der Waals surface area (Å²) in [7, 11) is 0. The summed E-state index contributed by atoms with van der Waals surface area (Å²) in [5.74, 6) is -0.349. The lowest BCUT2D eigenvalue weighted by Gasteiger charge is -2.19. The number of primary amides is 1. The molecule has 21 heavy (non-hydrogen) atoms. The van der Waals surface area contributed by atoms with Crippen LogP contribution in [0.4, 0.5) is 5.69 Å². The Labute approximate surface area is 130 Å². The van der Waals surface area contributed by atoms with Crippen LogP contribution < -0.4 is 16.2 Å². The van der Waals surface area contributed by atoms with Gasteiger partial charge in [0.05, 0.1) is 21.5 Å². The number of hydrogen-bond donors (Lipinski definition) is 2. The zero-order chi connectivity index (χ0) is 16.0. The Morgan fingerprint density at radius 1 is 1.48 bits per heavy atom. The SMILES string of the molecule is CC(N)(CCCCOc1c(Br)cccc1[N+](=O)[O-])C(N)=O. The normalized spacial score (nSPS) is 13.5. The molecule has 0 radical (unpaired) electrons. The number of halogens is 1. The van der Waals surface area contributed by atoms with E-state index in [9.17, 15) is 14.9 Å². The van der Waals surface area contributed by atoms with E-state index in [1.54, 1.807) is 19.1 Å². The summed E-state index contributed by atoms with van der Waals surface area (Å²) in [4.78, 5) is 21.5. The van der Waals surface area contributed by atoms with Crippen molar-refractivity contribution in [3.8, 4) is 5.75 Å². The van der Waals surface area contributed by atoms with Crippen LogP contribution in [0, 0.1) is 10.1 Å². The molecular formula is C13H18BrN3O4. The Balaban J connectivity index is 2.51. The van der Waals surface area contributed by atoms with Gasteiger partial charge in [-0.2, -0.15) is 0 Å². The molecule has 0 saturated carbocycles. The fourth-order valence-corrected chi connectivity index (χ4v) is 2.15. The molecule has 0 heterocycles. The van der Waals surface area contributed by atoms with Gasteiger partial charge in [-0.05, 0) is 48.2 Å². The molecule has 0 aliphatic rings. The Bertz CT molecular complexity index is 534. The van der Waals surface area contributed by atoms with Gasteiger partial charge >= 0.3 is 5.69 Å². The second kappa shape index (κ2) is 7.37. The number of rotatable bonds is 8. The molecule has 1 aromatic rings. The molecule has 0 fully saturated rings. The van der Waals surface area contributed by atoms with Crippen molar-refractivity contribution in [3.63, 3.8) is 0 Å². The number of nitro groups is 1. The number of nitrogens with two attached hydrogens (primary N) is 2. The Morgan fingerprint density at radius 3 is 2.71 bits per heavy atom. The molecule has 0 aliphatic heterocycles. The lowest BCUT2D eigenvalue weighted by Crippen LogP contribution is -2.49. The van der Waals surface area contributed by atoms with Gasteiger partial charge in [-0.15, -0.1) is 0 Å². The van der Waals surface area contributed by atoms with E-state index in [4.69, 9.17) is 16.2 Å². The van der Waals surface area contributed by atoms with Gasteiger partial charge in [0.25, 0.3) is 0 Å². The van der Waals surface area contributed by atoms with Gasteiger partial charge < -0.3 is 16.2 Å². The molecular weight excluding hydrogens is 342 g/mol. The lowest BCUT2D eigenvalue weighted by molar-refractivity contribution is -0.386. The number of amides is 1. The number of carbonyl (C=O) groups is 1. The second-order valence-electron chi connectivity index (χ2n) is 4.93. The first-order chi connectivity index (χ1) is 9.75. The monoisotopic (exact) mass is 359 g/mol. The van der Waals surface area contributed by atoms with Gasteiger partial charge in [0, 0.05) is 6.07 Å². The van der Waals surface area contributed by atoms with Gasteiger partial charge in [-0.3, -0.25) is 14.9 Å². The number of ether oxygens (including phenoxy) is 1. The van der Waals surface area contributed by atoms with Crippen molar-refractivity contribution in [2.24, 2.45) is 11.5 Å². The van der Waals surface area contributed by atoms with Crippen molar-refractivity contribution in [1.29, 1.82) is 0 Å². The summed E-state index contributed by atoms with van der Waals surface area (Å²) < 4.78 is 5.98. The summed E-state index contributed by atoms with van der Waals surface area (Å²) >= 11 is 3.22. The number of unbranched alkanes of at least 4 members (excludes halogenated alkanes) is 1. The van der Waals surface area contributed by atoms with Crippen LogP contribution in [0.1, 0.15) is 26.2 Å². The first kappa shape index (κ1) is 17.4. The zero-order valence-corrected chi connectivity index (χ0v) is 13.3. The molecule has 0 spiro atoms. The summed E-state index contributed by atoms with van der Waals surface area (Å²) in [5.41, 5.74) is 9.77. The maximum absolute atomic E-state index is 11.1. The summed E-state index contributed by atoms with van der Waals surface area (Å²) in [5, 5.41) is 10.9. The Kier molecular flexibility index (Phi) is 6.10. The van der Waals surface area contributed by atoms with E-state index in [-0.39, 0.29) is 18.0 Å². The highest BCUT2D eigenvalue weighted by Crippen LogP contribution is 2.34. The minimum atomic E-state index is -1.04. The fraction of sp³-hybridized carbons (Fsp3) is 0.462. The standard InChI is InChI=1S/C13H18BrN3O4/c1-13(16,12(15)18)7-2-3-8-21-11-9(14)5-4-6-10(11)17(19)20/h4-6H,2-3,7-8,16H2,1H3,(H2,15,18). The number of hydrogen-bond acceptors (Lipinski definition) is 5. The molecule has 0 saturated heterocycles. The molecule has 0 aliphatic carbocycles. The Morgan fingerprint density at radius 2 is 2.14 bits per heavy atom. The zero-order valence-electron chi connectivity index (χ0n) is 11.7. The van der Waals surface area contributed by atoms with Crippen LogP contribution in [0.3, 0.4) is 0 Å². The molecule has 4 N–H and O–H groups in total. The van der Waals surface area contributed by atoms with Crippen molar-refractivity contribution in [2.45, 2.75) is 31.7 Å². The third-order valence-corrected chi connectivity index (χ3v) is 3.67. The van der Waals surface area contributed by atoms with Gasteiger partial charge in [-0.1, -0.05) is 6.07 Å². The predicted octanol–water partition coefficient (Wildman–Crippen LogP) is 2.11. The molecule has 8 heteroatoms. The van der Waals surface area contributed by atoms with Gasteiger partial charge in [0.15, 0.2) is 0 Å². The van der Waals surface area contributed by atoms with Crippen LogP contribution in [-0.4, -0.2) is 23.0 Å². The maximum Gasteiger partial charge on any atom is 0.312 e. The molecule has 116 valence electrons. The number of nitro benzene ring substituents is 1. The molecule has 7 nitrogen and oxygen atoms in total. The minimum absolute atomic E-state index is 0.0924. The average molecular weight is 360 g/mol. The summed E-state index contributed by atoms with van der Waals surface area (Å²) in [6, 6.07) is 4.62. The topological polar surface area (TPSA) is 121 Å². The molecule has 1 rings (SSSR count). The number of carbonyl (C=O) groups excluding carboxylic acids is 1. The molecule has 1 atom stereocenters. The lowest BCUT2D eigenvalue weighted by atomic mass is 9.96. The fourth-order valence-electron chi connectivity index (χ4n) is 1.68. The van der Waals surface area contributed by atoms with Crippen molar-refractivity contribution in [1.82, 2.24) is 0 Å². The van der Waals surface area contributed by atoms with E-state index < -0.39 is 16.4 Å². The molecule has 0 bridgehead atoms. The third kappa shape index (κ3) is 4.98.